The van der Waals surface area contributed by atoms with E-state index in [1.54, 1.807) is 6.92 Å². The summed E-state index contributed by atoms with van der Waals surface area (Å²) in [7, 11) is 0. The second-order valence-corrected chi connectivity index (χ2v) is 9.41. The number of primary amides is 1. The third-order valence-electron chi connectivity index (χ3n) is 5.84. The Morgan fingerprint density at radius 3 is 2.56 bits per heavy atom. The monoisotopic (exact) mass is 394 g/mol. The van der Waals surface area contributed by atoms with Crippen LogP contribution in [0.3, 0.4) is 0 Å². The number of nitrogens with one attached hydrogen (secondary N) is 1. The van der Waals surface area contributed by atoms with E-state index in [2.05, 4.69) is 26.1 Å². The molecule has 0 saturated carbocycles. The van der Waals surface area contributed by atoms with Crippen LogP contribution in [0.4, 0.5) is 5.00 Å². The van der Waals surface area contributed by atoms with Crippen LogP contribution in [0.2, 0.25) is 0 Å². The van der Waals surface area contributed by atoms with Crippen molar-refractivity contribution in [2.24, 2.45) is 23.0 Å². The molecule has 0 aliphatic heterocycles. The second kappa shape index (κ2) is 8.42. The molecule has 1 aliphatic rings. The van der Waals surface area contributed by atoms with Crippen molar-refractivity contribution in [1.82, 2.24) is 0 Å². The summed E-state index contributed by atoms with van der Waals surface area (Å²) < 4.78 is 0. The molecule has 1 aromatic heterocycles. The molecule has 7 heteroatoms. The fourth-order valence-electron chi connectivity index (χ4n) is 3.75. The van der Waals surface area contributed by atoms with E-state index < -0.39 is 11.9 Å². The van der Waals surface area contributed by atoms with E-state index in [1.807, 2.05) is 0 Å². The summed E-state index contributed by atoms with van der Waals surface area (Å²) in [6.45, 7) is 8.47. The number of aliphatic carboxylic acids is 1. The fourth-order valence-corrected chi connectivity index (χ4v) is 5.10. The maximum absolute atomic E-state index is 12.3. The number of rotatable bonds is 8. The van der Waals surface area contributed by atoms with Gasteiger partial charge in [-0.05, 0) is 42.1 Å². The summed E-state index contributed by atoms with van der Waals surface area (Å²) in [6.07, 6.45) is 3.82. The number of hydrogen-bond donors (Lipinski definition) is 3. The van der Waals surface area contributed by atoms with Gasteiger partial charge in [0.05, 0.1) is 5.56 Å². The van der Waals surface area contributed by atoms with Gasteiger partial charge in [0.1, 0.15) is 5.00 Å². The first-order valence-corrected chi connectivity index (χ1v) is 10.3. The van der Waals surface area contributed by atoms with Crippen molar-refractivity contribution >= 4 is 34.1 Å². The Bertz CT molecular complexity index is 739. The molecule has 0 fully saturated rings. The smallest absolute Gasteiger partial charge is 0.303 e. The molecule has 4 N–H and O–H groups in total. The number of carbonyl (C=O) groups is 3. The molecule has 0 aromatic carbocycles. The maximum Gasteiger partial charge on any atom is 0.303 e. The van der Waals surface area contributed by atoms with E-state index >= 15 is 0 Å². The highest BCUT2D eigenvalue weighted by molar-refractivity contribution is 7.17. The number of thiophene rings is 1. The van der Waals surface area contributed by atoms with E-state index in [0.29, 0.717) is 16.5 Å². The van der Waals surface area contributed by atoms with Crippen molar-refractivity contribution in [2.75, 3.05) is 5.32 Å². The van der Waals surface area contributed by atoms with Gasteiger partial charge in [-0.3, -0.25) is 14.4 Å². The molecule has 1 aliphatic carbocycles. The molecule has 1 aromatic rings. The maximum atomic E-state index is 12.3. The van der Waals surface area contributed by atoms with E-state index in [4.69, 9.17) is 10.8 Å². The predicted octanol–water partition coefficient (Wildman–Crippen LogP) is 3.83. The van der Waals surface area contributed by atoms with Gasteiger partial charge in [0.2, 0.25) is 5.91 Å². The topological polar surface area (TPSA) is 109 Å². The van der Waals surface area contributed by atoms with Crippen molar-refractivity contribution in [2.45, 2.75) is 66.2 Å². The third-order valence-corrected chi connectivity index (χ3v) is 7.01. The Kier molecular flexibility index (Phi) is 6.68. The van der Waals surface area contributed by atoms with E-state index in [0.717, 1.165) is 36.1 Å². The highest BCUT2D eigenvalue weighted by atomic mass is 32.1. The molecule has 2 rings (SSSR count). The van der Waals surface area contributed by atoms with Crippen molar-refractivity contribution in [3.63, 3.8) is 0 Å². The number of anilines is 1. The Labute approximate surface area is 164 Å². The molecule has 150 valence electrons. The van der Waals surface area contributed by atoms with Crippen molar-refractivity contribution in [3.05, 3.63) is 16.0 Å². The van der Waals surface area contributed by atoms with Gasteiger partial charge in [0.25, 0.3) is 5.91 Å². The summed E-state index contributed by atoms with van der Waals surface area (Å²) >= 11 is 1.44. The lowest BCUT2D eigenvalue weighted by molar-refractivity contribution is -0.138. The van der Waals surface area contributed by atoms with Crippen LogP contribution >= 0.6 is 11.3 Å². The Balaban J connectivity index is 2.20. The van der Waals surface area contributed by atoms with Crippen LogP contribution in [0.15, 0.2) is 0 Å². The van der Waals surface area contributed by atoms with Gasteiger partial charge in [-0.1, -0.05) is 34.1 Å². The third kappa shape index (κ3) is 5.09. The predicted molar refractivity (Wildman–Crippen MR) is 107 cm³/mol. The van der Waals surface area contributed by atoms with Gasteiger partial charge < -0.3 is 16.2 Å². The normalized spacial score (nSPS) is 17.9. The van der Waals surface area contributed by atoms with Crippen LogP contribution < -0.4 is 11.1 Å². The fraction of sp³-hybridized carbons (Fsp3) is 0.650. The minimum Gasteiger partial charge on any atom is -0.481 e. The standard InChI is InChI=1S/C20H30N2O4S/c1-5-20(3,4)12-6-7-13-14(10-12)27-19(17(13)18(21)26)22-15(23)8-11(2)9-16(24)25/h11-12H,5-10H2,1-4H3,(H2,21,26)(H,22,23)(H,24,25)/t11-,12+/m1/s1. The highest BCUT2D eigenvalue weighted by Crippen LogP contribution is 2.45. The molecule has 1 heterocycles. The Morgan fingerprint density at radius 1 is 1.33 bits per heavy atom. The van der Waals surface area contributed by atoms with Gasteiger partial charge >= 0.3 is 5.97 Å². The van der Waals surface area contributed by atoms with Crippen molar-refractivity contribution in [3.8, 4) is 0 Å². The molecule has 0 bridgehead atoms. The largest absolute Gasteiger partial charge is 0.481 e. The summed E-state index contributed by atoms with van der Waals surface area (Å²) in [6, 6.07) is 0. The summed E-state index contributed by atoms with van der Waals surface area (Å²) in [5, 5.41) is 12.1. The van der Waals surface area contributed by atoms with Crippen LogP contribution in [0.25, 0.3) is 0 Å². The van der Waals surface area contributed by atoms with Crippen LogP contribution in [0, 0.1) is 17.3 Å². The molecular formula is C20H30N2O4S. The zero-order chi connectivity index (χ0) is 20.4. The number of hydrogen-bond acceptors (Lipinski definition) is 4. The zero-order valence-electron chi connectivity index (χ0n) is 16.6. The van der Waals surface area contributed by atoms with E-state index in [1.165, 1.54) is 11.3 Å². The quantitative estimate of drug-likeness (QED) is 0.622. The van der Waals surface area contributed by atoms with Crippen molar-refractivity contribution < 1.29 is 19.5 Å². The summed E-state index contributed by atoms with van der Waals surface area (Å²) in [5.41, 5.74) is 7.25. The Hall–Kier alpha value is -1.89. The number of carbonyl (C=O) groups excluding carboxylic acids is 2. The first-order chi connectivity index (χ1) is 12.5. The first kappa shape index (κ1) is 21.4. The molecule has 27 heavy (non-hydrogen) atoms. The lowest BCUT2D eigenvalue weighted by Gasteiger charge is -2.36. The molecule has 6 nitrogen and oxygen atoms in total. The van der Waals surface area contributed by atoms with Crippen LogP contribution in [-0.2, 0) is 22.4 Å². The summed E-state index contributed by atoms with van der Waals surface area (Å²) in [4.78, 5) is 36.3. The number of carboxylic acid groups (broad SMARTS) is 1. The van der Waals surface area contributed by atoms with E-state index in [9.17, 15) is 14.4 Å². The molecule has 0 radical (unpaired) electrons. The number of amides is 2. The van der Waals surface area contributed by atoms with Crippen molar-refractivity contribution in [1.29, 1.82) is 0 Å². The molecule has 2 amide bonds. The molecule has 0 unspecified atom stereocenters. The van der Waals surface area contributed by atoms with Gasteiger partial charge in [-0.25, -0.2) is 0 Å². The van der Waals surface area contributed by atoms with Gasteiger partial charge in [0.15, 0.2) is 0 Å². The average Bonchev–Trinajstić information content (AvgIpc) is 2.90. The summed E-state index contributed by atoms with van der Waals surface area (Å²) in [5.74, 6) is -1.47. The van der Waals surface area contributed by atoms with Gasteiger partial charge in [0, 0.05) is 17.7 Å². The number of nitrogens with two attached hydrogens (primary N) is 1. The lowest BCUT2D eigenvalue weighted by Crippen LogP contribution is -2.29. The minimum absolute atomic E-state index is 0.0647. The molecular weight excluding hydrogens is 364 g/mol. The second-order valence-electron chi connectivity index (χ2n) is 8.31. The molecule has 0 saturated heterocycles. The number of carboxylic acids is 1. The molecule has 2 atom stereocenters. The lowest BCUT2D eigenvalue weighted by atomic mass is 9.69. The number of fused-ring (bicyclic) bond motifs is 1. The van der Waals surface area contributed by atoms with Crippen LogP contribution in [-0.4, -0.2) is 22.9 Å². The van der Waals surface area contributed by atoms with Gasteiger partial charge in [-0.2, -0.15) is 0 Å². The average molecular weight is 395 g/mol. The SMILES string of the molecule is CCC(C)(C)[C@H]1CCc2c(sc(NC(=O)C[C@@H](C)CC(=O)O)c2C(N)=O)C1. The van der Waals surface area contributed by atoms with E-state index in [-0.39, 0.29) is 30.1 Å². The zero-order valence-corrected chi connectivity index (χ0v) is 17.4. The highest BCUT2D eigenvalue weighted by Gasteiger charge is 2.35. The van der Waals surface area contributed by atoms with Crippen LogP contribution in [0.1, 0.15) is 74.2 Å². The first-order valence-electron chi connectivity index (χ1n) is 9.51. The Morgan fingerprint density at radius 2 is 2.00 bits per heavy atom. The van der Waals surface area contributed by atoms with Crippen LogP contribution in [0.5, 0.6) is 0 Å². The minimum atomic E-state index is -0.927. The van der Waals surface area contributed by atoms with Gasteiger partial charge in [-0.15, -0.1) is 11.3 Å². The molecule has 0 spiro atoms.